The molecular formula is C12H14N2O3S2. The largest absolute Gasteiger partial charge is 0.345 e. The van der Waals surface area contributed by atoms with Crippen LogP contribution in [-0.2, 0) is 16.6 Å². The first-order valence-electron chi connectivity index (χ1n) is 6.12. The molecule has 3 rings (SSSR count). The highest BCUT2D eigenvalue weighted by atomic mass is 32.2. The average Bonchev–Trinajstić information content (AvgIpc) is 2.96. The topological polar surface area (TPSA) is 59.4 Å². The zero-order valence-corrected chi connectivity index (χ0v) is 11.9. The van der Waals surface area contributed by atoms with Crippen LogP contribution in [0.4, 0.5) is 0 Å². The molecule has 19 heavy (non-hydrogen) atoms. The van der Waals surface area contributed by atoms with Gasteiger partial charge in [-0.3, -0.25) is 4.79 Å². The molecule has 0 aliphatic carbocycles. The van der Waals surface area contributed by atoms with E-state index in [4.69, 9.17) is 0 Å². The van der Waals surface area contributed by atoms with Crippen molar-refractivity contribution in [2.45, 2.75) is 13.0 Å². The molecule has 2 aromatic rings. The molecule has 1 fully saturated rings. The summed E-state index contributed by atoms with van der Waals surface area (Å²) in [7, 11) is -3.04. The third kappa shape index (κ3) is 2.33. The van der Waals surface area contributed by atoms with Gasteiger partial charge in [0.05, 0.1) is 16.0 Å². The first-order chi connectivity index (χ1) is 9.08. The Morgan fingerprint density at radius 1 is 1.26 bits per heavy atom. The monoisotopic (exact) mass is 298 g/mol. The molecule has 0 atom stereocenters. The van der Waals surface area contributed by atoms with E-state index >= 15 is 0 Å². The fraction of sp³-hybridized carbons (Fsp3) is 0.417. The first kappa shape index (κ1) is 12.8. The van der Waals surface area contributed by atoms with E-state index in [1.165, 1.54) is 21.7 Å². The number of rotatable bonds is 3. The molecule has 0 spiro atoms. The van der Waals surface area contributed by atoms with E-state index in [1.54, 1.807) is 6.20 Å². The van der Waals surface area contributed by atoms with E-state index < -0.39 is 10.0 Å². The molecular weight excluding hydrogens is 284 g/mol. The van der Waals surface area contributed by atoms with Gasteiger partial charge in [0.2, 0.25) is 10.0 Å². The molecule has 0 bridgehead atoms. The number of aromatic nitrogens is 1. The van der Waals surface area contributed by atoms with Crippen molar-refractivity contribution in [1.82, 2.24) is 8.87 Å². The lowest BCUT2D eigenvalue weighted by molar-refractivity contribution is 0.423. The highest BCUT2D eigenvalue weighted by Gasteiger charge is 2.27. The fourth-order valence-electron chi connectivity index (χ4n) is 2.38. The number of hydrogen-bond donors (Lipinski definition) is 0. The minimum absolute atomic E-state index is 0.0232. The third-order valence-electron chi connectivity index (χ3n) is 3.38. The molecule has 3 heterocycles. The number of nitrogens with zero attached hydrogens (tertiary/aromatic N) is 2. The Hall–Kier alpha value is -1.18. The van der Waals surface area contributed by atoms with Crippen molar-refractivity contribution in [3.63, 3.8) is 0 Å². The van der Waals surface area contributed by atoms with Crippen LogP contribution >= 0.6 is 11.3 Å². The molecule has 1 saturated heterocycles. The maximum Gasteiger partial charge on any atom is 0.214 e. The molecule has 102 valence electrons. The van der Waals surface area contributed by atoms with Gasteiger partial charge in [-0.05, 0) is 17.9 Å². The molecule has 2 aromatic heterocycles. The van der Waals surface area contributed by atoms with E-state index in [0.29, 0.717) is 26.1 Å². The van der Waals surface area contributed by atoms with Gasteiger partial charge in [0.1, 0.15) is 0 Å². The normalized spacial score (nSPS) is 19.2. The van der Waals surface area contributed by atoms with Gasteiger partial charge in [-0.2, -0.15) is 0 Å². The standard InChI is InChI=1S/C12H14N2O3S2/c15-11-2-5-13(10-3-8-18-12(10)11)6-7-14-4-1-9-19(14,16)17/h2-3,5,8H,1,4,6-7,9H2. The van der Waals surface area contributed by atoms with Crippen LogP contribution in [-0.4, -0.2) is 36.1 Å². The average molecular weight is 298 g/mol. The molecule has 0 saturated carbocycles. The van der Waals surface area contributed by atoms with E-state index in [2.05, 4.69) is 0 Å². The zero-order valence-electron chi connectivity index (χ0n) is 10.3. The van der Waals surface area contributed by atoms with Crippen LogP contribution in [0, 0.1) is 0 Å². The van der Waals surface area contributed by atoms with Crippen molar-refractivity contribution < 1.29 is 8.42 Å². The van der Waals surface area contributed by atoms with Crippen LogP contribution in [0.15, 0.2) is 28.5 Å². The lowest BCUT2D eigenvalue weighted by Crippen LogP contribution is -2.29. The lowest BCUT2D eigenvalue weighted by Gasteiger charge is -2.16. The molecule has 0 N–H and O–H groups in total. The molecule has 7 heteroatoms. The van der Waals surface area contributed by atoms with Crippen LogP contribution in [0.3, 0.4) is 0 Å². The van der Waals surface area contributed by atoms with Gasteiger partial charge in [-0.25, -0.2) is 12.7 Å². The van der Waals surface area contributed by atoms with Gasteiger partial charge in [0.25, 0.3) is 0 Å². The van der Waals surface area contributed by atoms with E-state index in [-0.39, 0.29) is 11.2 Å². The number of thiophene rings is 1. The summed E-state index contributed by atoms with van der Waals surface area (Å²) in [4.78, 5) is 11.6. The highest BCUT2D eigenvalue weighted by Crippen LogP contribution is 2.18. The Morgan fingerprint density at radius 3 is 2.84 bits per heavy atom. The quantitative estimate of drug-likeness (QED) is 0.852. The van der Waals surface area contributed by atoms with Crippen LogP contribution in [0.1, 0.15) is 6.42 Å². The van der Waals surface area contributed by atoms with Crippen molar-refractivity contribution in [3.05, 3.63) is 33.9 Å². The summed E-state index contributed by atoms with van der Waals surface area (Å²) >= 11 is 1.42. The Bertz CT molecular complexity index is 761. The van der Waals surface area contributed by atoms with Crippen molar-refractivity contribution in [1.29, 1.82) is 0 Å². The summed E-state index contributed by atoms with van der Waals surface area (Å²) in [5, 5.41) is 1.88. The second-order valence-electron chi connectivity index (χ2n) is 4.58. The maximum atomic E-state index is 11.7. The van der Waals surface area contributed by atoms with Gasteiger partial charge in [0.15, 0.2) is 5.43 Å². The minimum atomic E-state index is -3.04. The van der Waals surface area contributed by atoms with Crippen molar-refractivity contribution in [3.8, 4) is 0 Å². The molecule has 0 aromatic carbocycles. The van der Waals surface area contributed by atoms with Gasteiger partial charge in [-0.1, -0.05) is 0 Å². The highest BCUT2D eigenvalue weighted by molar-refractivity contribution is 7.89. The Labute approximate surface area is 115 Å². The second kappa shape index (κ2) is 4.73. The van der Waals surface area contributed by atoms with Crippen molar-refractivity contribution >= 4 is 31.6 Å². The number of sulfonamides is 1. The van der Waals surface area contributed by atoms with Gasteiger partial charge >= 0.3 is 0 Å². The van der Waals surface area contributed by atoms with Crippen LogP contribution in [0.5, 0.6) is 0 Å². The van der Waals surface area contributed by atoms with Crippen LogP contribution < -0.4 is 5.43 Å². The van der Waals surface area contributed by atoms with Crippen LogP contribution in [0.25, 0.3) is 10.2 Å². The Morgan fingerprint density at radius 2 is 2.11 bits per heavy atom. The minimum Gasteiger partial charge on any atom is -0.345 e. The Kier molecular flexibility index (Phi) is 3.20. The van der Waals surface area contributed by atoms with Gasteiger partial charge < -0.3 is 4.57 Å². The summed E-state index contributed by atoms with van der Waals surface area (Å²) < 4.78 is 27.6. The summed E-state index contributed by atoms with van der Waals surface area (Å²) in [5.41, 5.74) is 0.907. The maximum absolute atomic E-state index is 11.7. The summed E-state index contributed by atoms with van der Waals surface area (Å²) in [6, 6.07) is 3.44. The predicted molar refractivity (Wildman–Crippen MR) is 76.1 cm³/mol. The fourth-order valence-corrected chi connectivity index (χ4v) is 4.73. The van der Waals surface area contributed by atoms with Crippen molar-refractivity contribution in [2.24, 2.45) is 0 Å². The molecule has 0 unspecified atom stereocenters. The lowest BCUT2D eigenvalue weighted by atomic mass is 10.3. The number of hydrogen-bond acceptors (Lipinski definition) is 4. The molecule has 1 aliphatic heterocycles. The second-order valence-corrected chi connectivity index (χ2v) is 7.58. The van der Waals surface area contributed by atoms with E-state index in [0.717, 1.165) is 10.2 Å². The predicted octanol–water partition coefficient (Wildman–Crippen LogP) is 1.10. The van der Waals surface area contributed by atoms with E-state index in [1.807, 2.05) is 16.0 Å². The summed E-state index contributed by atoms with van der Waals surface area (Å²) in [6.07, 6.45) is 2.44. The molecule has 0 radical (unpaired) electrons. The molecule has 0 amide bonds. The zero-order chi connectivity index (χ0) is 13.5. The third-order valence-corrected chi connectivity index (χ3v) is 6.25. The number of fused-ring (bicyclic) bond motifs is 1. The smallest absolute Gasteiger partial charge is 0.214 e. The molecule has 1 aliphatic rings. The summed E-state index contributed by atoms with van der Waals surface area (Å²) in [6.45, 7) is 1.65. The van der Waals surface area contributed by atoms with Gasteiger partial charge in [0, 0.05) is 31.9 Å². The SMILES string of the molecule is O=c1ccn(CCN2CCCS2(=O)=O)c2ccsc12. The van der Waals surface area contributed by atoms with E-state index in [9.17, 15) is 13.2 Å². The number of pyridine rings is 1. The molecule has 5 nitrogen and oxygen atoms in total. The van der Waals surface area contributed by atoms with Crippen LogP contribution in [0.2, 0.25) is 0 Å². The van der Waals surface area contributed by atoms with Gasteiger partial charge in [-0.15, -0.1) is 11.3 Å². The van der Waals surface area contributed by atoms with Crippen molar-refractivity contribution in [2.75, 3.05) is 18.8 Å². The Balaban J connectivity index is 1.85. The summed E-state index contributed by atoms with van der Waals surface area (Å²) in [5.74, 6) is 0.255. The first-order valence-corrected chi connectivity index (χ1v) is 8.61.